The van der Waals surface area contributed by atoms with Gasteiger partial charge in [0.2, 0.25) is 0 Å². The van der Waals surface area contributed by atoms with E-state index >= 15 is 0 Å². The zero-order valence-corrected chi connectivity index (χ0v) is 17.0. The third kappa shape index (κ3) is 4.70. The first kappa shape index (κ1) is 19.9. The SMILES string of the molecule is COc1ccc(CCNCc2nn(C(C)C)nc2-c2ccccc2)cc1OC. The number of aromatic nitrogens is 3. The van der Waals surface area contributed by atoms with Gasteiger partial charge in [-0.1, -0.05) is 36.4 Å². The Bertz CT molecular complexity index is 891. The van der Waals surface area contributed by atoms with Crippen LogP contribution < -0.4 is 14.8 Å². The molecular formula is C22H28N4O2. The summed E-state index contributed by atoms with van der Waals surface area (Å²) in [6.07, 6.45) is 0.888. The predicted molar refractivity (Wildman–Crippen MR) is 111 cm³/mol. The predicted octanol–water partition coefficient (Wildman–Crippen LogP) is 3.88. The summed E-state index contributed by atoms with van der Waals surface area (Å²) in [6.45, 7) is 5.68. The molecule has 6 heteroatoms. The molecule has 1 aromatic heterocycles. The monoisotopic (exact) mass is 380 g/mol. The first-order valence-electron chi connectivity index (χ1n) is 9.55. The quantitative estimate of drug-likeness (QED) is 0.571. The highest BCUT2D eigenvalue weighted by molar-refractivity contribution is 5.60. The Labute approximate surface area is 166 Å². The molecule has 1 heterocycles. The molecule has 28 heavy (non-hydrogen) atoms. The largest absolute Gasteiger partial charge is 0.493 e. The van der Waals surface area contributed by atoms with Crippen LogP contribution in [-0.2, 0) is 13.0 Å². The van der Waals surface area contributed by atoms with Gasteiger partial charge in [-0.3, -0.25) is 0 Å². The fraction of sp³-hybridized carbons (Fsp3) is 0.364. The maximum atomic E-state index is 5.38. The number of hydrogen-bond acceptors (Lipinski definition) is 5. The number of hydrogen-bond donors (Lipinski definition) is 1. The van der Waals surface area contributed by atoms with Gasteiger partial charge in [-0.15, -0.1) is 0 Å². The van der Waals surface area contributed by atoms with Gasteiger partial charge in [0.05, 0.1) is 20.3 Å². The summed E-state index contributed by atoms with van der Waals surface area (Å²) in [5, 5.41) is 12.9. The molecule has 0 radical (unpaired) electrons. The minimum absolute atomic E-state index is 0.225. The zero-order valence-electron chi connectivity index (χ0n) is 17.0. The van der Waals surface area contributed by atoms with Gasteiger partial charge < -0.3 is 14.8 Å². The van der Waals surface area contributed by atoms with Crippen molar-refractivity contribution in [2.45, 2.75) is 32.9 Å². The summed E-state index contributed by atoms with van der Waals surface area (Å²) in [5.74, 6) is 1.50. The van der Waals surface area contributed by atoms with Crippen LogP contribution in [0.4, 0.5) is 0 Å². The second-order valence-electron chi connectivity index (χ2n) is 6.89. The average Bonchev–Trinajstić information content (AvgIpc) is 3.16. The number of rotatable bonds is 9. The minimum Gasteiger partial charge on any atom is -0.493 e. The van der Waals surface area contributed by atoms with Crippen LogP contribution in [0.3, 0.4) is 0 Å². The van der Waals surface area contributed by atoms with E-state index < -0.39 is 0 Å². The molecule has 0 aliphatic carbocycles. The lowest BCUT2D eigenvalue weighted by Crippen LogP contribution is -2.18. The molecule has 0 aliphatic heterocycles. The molecule has 3 aromatic rings. The summed E-state index contributed by atoms with van der Waals surface area (Å²) in [6, 6.07) is 16.5. The van der Waals surface area contributed by atoms with Crippen LogP contribution in [-0.4, -0.2) is 35.8 Å². The normalized spacial score (nSPS) is 11.0. The van der Waals surface area contributed by atoms with Crippen molar-refractivity contribution in [2.24, 2.45) is 0 Å². The fourth-order valence-corrected chi connectivity index (χ4v) is 3.00. The highest BCUT2D eigenvalue weighted by Crippen LogP contribution is 2.27. The molecule has 148 valence electrons. The maximum Gasteiger partial charge on any atom is 0.160 e. The van der Waals surface area contributed by atoms with Crippen molar-refractivity contribution in [2.75, 3.05) is 20.8 Å². The van der Waals surface area contributed by atoms with E-state index in [2.05, 4.69) is 42.5 Å². The second kappa shape index (κ2) is 9.37. The minimum atomic E-state index is 0.225. The van der Waals surface area contributed by atoms with Gasteiger partial charge in [0.1, 0.15) is 11.4 Å². The Balaban J connectivity index is 1.65. The molecule has 6 nitrogen and oxygen atoms in total. The van der Waals surface area contributed by atoms with E-state index in [1.54, 1.807) is 19.0 Å². The highest BCUT2D eigenvalue weighted by atomic mass is 16.5. The molecule has 0 fully saturated rings. The van der Waals surface area contributed by atoms with E-state index in [-0.39, 0.29) is 6.04 Å². The maximum absolute atomic E-state index is 5.38. The first-order chi connectivity index (χ1) is 13.6. The number of methoxy groups -OCH3 is 2. The molecule has 0 atom stereocenters. The number of ether oxygens (including phenoxy) is 2. The molecule has 2 aromatic carbocycles. The van der Waals surface area contributed by atoms with Crippen LogP contribution in [0.1, 0.15) is 31.1 Å². The number of nitrogens with one attached hydrogen (secondary N) is 1. The Morgan fingerprint density at radius 3 is 2.39 bits per heavy atom. The third-order valence-corrected chi connectivity index (χ3v) is 4.54. The summed E-state index contributed by atoms with van der Waals surface area (Å²) >= 11 is 0. The van der Waals surface area contributed by atoms with Crippen LogP contribution in [0.25, 0.3) is 11.3 Å². The summed E-state index contributed by atoms with van der Waals surface area (Å²) in [4.78, 5) is 1.79. The van der Waals surface area contributed by atoms with E-state index in [0.29, 0.717) is 6.54 Å². The average molecular weight is 380 g/mol. The summed E-state index contributed by atoms with van der Waals surface area (Å²) in [7, 11) is 3.30. The molecule has 0 saturated carbocycles. The van der Waals surface area contributed by atoms with Crippen molar-refractivity contribution in [3.05, 3.63) is 59.8 Å². The van der Waals surface area contributed by atoms with Crippen LogP contribution in [0.15, 0.2) is 48.5 Å². The van der Waals surface area contributed by atoms with E-state index in [1.807, 2.05) is 30.3 Å². The van der Waals surface area contributed by atoms with Crippen LogP contribution in [0.2, 0.25) is 0 Å². The second-order valence-corrected chi connectivity index (χ2v) is 6.89. The lowest BCUT2D eigenvalue weighted by molar-refractivity contribution is 0.354. The Kier molecular flexibility index (Phi) is 6.66. The van der Waals surface area contributed by atoms with Crippen molar-refractivity contribution >= 4 is 0 Å². The Hall–Kier alpha value is -2.86. The molecule has 0 bridgehead atoms. The van der Waals surface area contributed by atoms with Crippen molar-refractivity contribution in [3.63, 3.8) is 0 Å². The molecule has 0 saturated heterocycles. The molecule has 0 unspecified atom stereocenters. The Morgan fingerprint density at radius 2 is 1.71 bits per heavy atom. The smallest absolute Gasteiger partial charge is 0.160 e. The van der Waals surface area contributed by atoms with Crippen molar-refractivity contribution < 1.29 is 9.47 Å². The van der Waals surface area contributed by atoms with Gasteiger partial charge in [-0.05, 0) is 44.5 Å². The van der Waals surface area contributed by atoms with Crippen LogP contribution in [0.5, 0.6) is 11.5 Å². The topological polar surface area (TPSA) is 61.2 Å². The standard InChI is InChI=1S/C22H28N4O2/c1-16(2)26-24-19(22(25-26)18-8-6-5-7-9-18)15-23-13-12-17-10-11-20(27-3)21(14-17)28-4/h5-11,14,16,23H,12-13,15H2,1-4H3. The van der Waals surface area contributed by atoms with Gasteiger partial charge in [0, 0.05) is 12.1 Å². The fourth-order valence-electron chi connectivity index (χ4n) is 3.00. The van der Waals surface area contributed by atoms with Gasteiger partial charge in [-0.2, -0.15) is 15.0 Å². The lowest BCUT2D eigenvalue weighted by atomic mass is 10.1. The number of nitrogens with zero attached hydrogens (tertiary/aromatic N) is 3. The molecular weight excluding hydrogens is 352 g/mol. The lowest BCUT2D eigenvalue weighted by Gasteiger charge is -2.10. The third-order valence-electron chi connectivity index (χ3n) is 4.54. The first-order valence-corrected chi connectivity index (χ1v) is 9.55. The molecule has 0 amide bonds. The molecule has 3 rings (SSSR count). The number of benzene rings is 2. The van der Waals surface area contributed by atoms with E-state index in [1.165, 1.54) is 5.56 Å². The van der Waals surface area contributed by atoms with Gasteiger partial charge in [-0.25, -0.2) is 0 Å². The molecule has 0 aliphatic rings. The van der Waals surface area contributed by atoms with Crippen molar-refractivity contribution in [1.29, 1.82) is 0 Å². The van der Waals surface area contributed by atoms with Crippen molar-refractivity contribution in [1.82, 2.24) is 20.3 Å². The van der Waals surface area contributed by atoms with E-state index in [4.69, 9.17) is 14.6 Å². The van der Waals surface area contributed by atoms with Gasteiger partial charge >= 0.3 is 0 Å². The van der Waals surface area contributed by atoms with Crippen LogP contribution >= 0.6 is 0 Å². The highest BCUT2D eigenvalue weighted by Gasteiger charge is 2.14. The van der Waals surface area contributed by atoms with Gasteiger partial charge in [0.15, 0.2) is 11.5 Å². The zero-order chi connectivity index (χ0) is 19.9. The molecule has 1 N–H and O–H groups in total. The van der Waals surface area contributed by atoms with E-state index in [0.717, 1.165) is 41.4 Å². The van der Waals surface area contributed by atoms with Crippen LogP contribution in [0, 0.1) is 0 Å². The van der Waals surface area contributed by atoms with Crippen molar-refractivity contribution in [3.8, 4) is 22.8 Å². The summed E-state index contributed by atoms with van der Waals surface area (Å²) in [5.41, 5.74) is 4.19. The summed E-state index contributed by atoms with van der Waals surface area (Å²) < 4.78 is 10.7. The van der Waals surface area contributed by atoms with Gasteiger partial charge in [0.25, 0.3) is 0 Å². The van der Waals surface area contributed by atoms with E-state index in [9.17, 15) is 0 Å². The molecule has 0 spiro atoms. The Morgan fingerprint density at radius 1 is 0.964 bits per heavy atom.